The van der Waals surface area contributed by atoms with E-state index in [1.54, 1.807) is 24.3 Å². The first-order valence-corrected chi connectivity index (χ1v) is 7.30. The summed E-state index contributed by atoms with van der Waals surface area (Å²) in [6, 6.07) is 12.7. The average molecular weight is 324 g/mol. The molecule has 0 unspecified atom stereocenters. The Morgan fingerprint density at radius 1 is 1.21 bits per heavy atom. The maximum atomic E-state index is 12.1. The standard InChI is InChI=1S/C18H16N2O4/c1-23-16-9-11(6-7-15(16)24-10-17(19)21)8-13-12-4-2-3-5-14(12)20-18(13)22/h2-9H,10H2,1H3,(H2,19,21)(H,20,22). The molecular weight excluding hydrogens is 308 g/mol. The lowest BCUT2D eigenvalue weighted by Crippen LogP contribution is -2.20. The zero-order valence-electron chi connectivity index (χ0n) is 13.0. The van der Waals surface area contributed by atoms with Gasteiger partial charge in [-0.05, 0) is 29.8 Å². The maximum Gasteiger partial charge on any atom is 0.256 e. The molecule has 0 aliphatic carbocycles. The molecule has 0 saturated carbocycles. The molecule has 2 aromatic rings. The molecule has 0 spiro atoms. The minimum absolute atomic E-state index is 0.149. The first kappa shape index (κ1) is 15.6. The zero-order valence-corrected chi connectivity index (χ0v) is 13.0. The molecule has 1 aliphatic rings. The fourth-order valence-electron chi connectivity index (χ4n) is 2.49. The van der Waals surface area contributed by atoms with Gasteiger partial charge in [0, 0.05) is 16.8 Å². The molecule has 0 saturated heterocycles. The molecule has 0 aromatic heterocycles. The number of hydrogen-bond acceptors (Lipinski definition) is 4. The molecule has 6 heteroatoms. The van der Waals surface area contributed by atoms with Gasteiger partial charge in [-0.25, -0.2) is 0 Å². The van der Waals surface area contributed by atoms with E-state index >= 15 is 0 Å². The lowest BCUT2D eigenvalue weighted by atomic mass is 10.0. The minimum atomic E-state index is -0.567. The predicted molar refractivity (Wildman–Crippen MR) is 90.6 cm³/mol. The van der Waals surface area contributed by atoms with E-state index in [-0.39, 0.29) is 12.5 Å². The summed E-state index contributed by atoms with van der Waals surface area (Å²) in [5, 5.41) is 2.83. The summed E-state index contributed by atoms with van der Waals surface area (Å²) in [6.07, 6.45) is 1.78. The molecule has 1 heterocycles. The van der Waals surface area contributed by atoms with Crippen molar-refractivity contribution in [2.24, 2.45) is 5.73 Å². The molecule has 2 amide bonds. The highest BCUT2D eigenvalue weighted by Crippen LogP contribution is 2.34. The van der Waals surface area contributed by atoms with Crippen molar-refractivity contribution in [1.82, 2.24) is 0 Å². The number of anilines is 1. The molecule has 24 heavy (non-hydrogen) atoms. The van der Waals surface area contributed by atoms with Crippen LogP contribution in [0.5, 0.6) is 11.5 Å². The summed E-state index contributed by atoms with van der Waals surface area (Å²) >= 11 is 0. The van der Waals surface area contributed by atoms with Gasteiger partial charge in [0.15, 0.2) is 18.1 Å². The number of carbonyl (C=O) groups is 2. The van der Waals surface area contributed by atoms with Gasteiger partial charge in [-0.1, -0.05) is 24.3 Å². The number of ether oxygens (including phenoxy) is 2. The van der Waals surface area contributed by atoms with Gasteiger partial charge in [0.1, 0.15) is 0 Å². The van der Waals surface area contributed by atoms with Crippen LogP contribution in [0, 0.1) is 0 Å². The second kappa shape index (κ2) is 6.45. The number of nitrogens with one attached hydrogen (secondary N) is 1. The Bertz CT molecular complexity index is 843. The van der Waals surface area contributed by atoms with Gasteiger partial charge in [-0.2, -0.15) is 0 Å². The molecule has 3 N–H and O–H groups in total. The number of rotatable bonds is 5. The Kier molecular flexibility index (Phi) is 4.20. The predicted octanol–water partition coefficient (Wildman–Crippen LogP) is 2.05. The fraction of sp³-hybridized carbons (Fsp3) is 0.111. The highest BCUT2D eigenvalue weighted by molar-refractivity contribution is 6.34. The van der Waals surface area contributed by atoms with Crippen LogP contribution in [-0.2, 0) is 9.59 Å². The molecule has 2 aromatic carbocycles. The molecule has 0 radical (unpaired) electrons. The summed E-state index contributed by atoms with van der Waals surface area (Å²) in [4.78, 5) is 23.0. The Hall–Kier alpha value is -3.28. The van der Waals surface area contributed by atoms with Crippen molar-refractivity contribution in [2.75, 3.05) is 19.0 Å². The molecule has 0 fully saturated rings. The number of fused-ring (bicyclic) bond motifs is 1. The van der Waals surface area contributed by atoms with Crippen LogP contribution in [0.4, 0.5) is 5.69 Å². The van der Waals surface area contributed by atoms with E-state index in [0.717, 1.165) is 16.8 Å². The van der Waals surface area contributed by atoms with E-state index in [1.165, 1.54) is 7.11 Å². The van der Waals surface area contributed by atoms with Crippen LogP contribution in [0.15, 0.2) is 42.5 Å². The van der Waals surface area contributed by atoms with E-state index in [4.69, 9.17) is 15.2 Å². The number of para-hydroxylation sites is 1. The molecule has 122 valence electrons. The van der Waals surface area contributed by atoms with Gasteiger partial charge in [-0.3, -0.25) is 9.59 Å². The van der Waals surface area contributed by atoms with Crippen molar-refractivity contribution in [3.8, 4) is 11.5 Å². The fourth-order valence-corrected chi connectivity index (χ4v) is 2.49. The number of amides is 2. The topological polar surface area (TPSA) is 90.7 Å². The second-order valence-electron chi connectivity index (χ2n) is 5.22. The molecule has 1 aliphatic heterocycles. The first-order chi connectivity index (χ1) is 11.6. The van der Waals surface area contributed by atoms with Gasteiger partial charge in [0.25, 0.3) is 11.8 Å². The molecule has 3 rings (SSSR count). The van der Waals surface area contributed by atoms with E-state index in [1.807, 2.05) is 24.3 Å². The largest absolute Gasteiger partial charge is 0.493 e. The smallest absolute Gasteiger partial charge is 0.256 e. The lowest BCUT2D eigenvalue weighted by molar-refractivity contribution is -0.120. The van der Waals surface area contributed by atoms with Gasteiger partial charge < -0.3 is 20.5 Å². The summed E-state index contributed by atoms with van der Waals surface area (Å²) in [6.45, 7) is -0.230. The Labute approximate surface area is 138 Å². The van der Waals surface area contributed by atoms with Crippen LogP contribution in [0.1, 0.15) is 11.1 Å². The zero-order chi connectivity index (χ0) is 17.1. The van der Waals surface area contributed by atoms with Gasteiger partial charge in [0.2, 0.25) is 0 Å². The summed E-state index contributed by atoms with van der Waals surface area (Å²) in [7, 11) is 1.50. The number of benzene rings is 2. The van der Waals surface area contributed by atoms with Crippen molar-refractivity contribution in [1.29, 1.82) is 0 Å². The van der Waals surface area contributed by atoms with Crippen molar-refractivity contribution < 1.29 is 19.1 Å². The van der Waals surface area contributed by atoms with Crippen LogP contribution in [0.3, 0.4) is 0 Å². The number of carbonyl (C=O) groups excluding carboxylic acids is 2. The summed E-state index contributed by atoms with van der Waals surface area (Å²) < 4.78 is 10.6. The average Bonchev–Trinajstić information content (AvgIpc) is 2.89. The van der Waals surface area contributed by atoms with Gasteiger partial charge in [-0.15, -0.1) is 0 Å². The third-order valence-electron chi connectivity index (χ3n) is 3.58. The van der Waals surface area contributed by atoms with Gasteiger partial charge >= 0.3 is 0 Å². The normalized spacial score (nSPS) is 14.2. The van der Waals surface area contributed by atoms with E-state index in [2.05, 4.69) is 5.32 Å². The first-order valence-electron chi connectivity index (χ1n) is 7.30. The molecule has 0 atom stereocenters. The quantitative estimate of drug-likeness (QED) is 0.824. The number of methoxy groups -OCH3 is 1. The van der Waals surface area contributed by atoms with Crippen LogP contribution in [0.2, 0.25) is 0 Å². The Morgan fingerprint density at radius 2 is 2.00 bits per heavy atom. The molecule has 0 bridgehead atoms. The van der Waals surface area contributed by atoms with Gasteiger partial charge in [0.05, 0.1) is 7.11 Å². The van der Waals surface area contributed by atoms with Crippen LogP contribution in [-0.4, -0.2) is 25.5 Å². The molecule has 6 nitrogen and oxygen atoms in total. The number of hydrogen-bond donors (Lipinski definition) is 2. The molecular formula is C18H16N2O4. The second-order valence-corrected chi connectivity index (χ2v) is 5.22. The van der Waals surface area contributed by atoms with Crippen LogP contribution in [0.25, 0.3) is 11.6 Å². The van der Waals surface area contributed by atoms with Crippen molar-refractivity contribution in [3.63, 3.8) is 0 Å². The monoisotopic (exact) mass is 324 g/mol. The highest BCUT2D eigenvalue weighted by atomic mass is 16.5. The van der Waals surface area contributed by atoms with Crippen molar-refractivity contribution in [2.45, 2.75) is 0 Å². The van der Waals surface area contributed by atoms with E-state index in [9.17, 15) is 9.59 Å². The highest BCUT2D eigenvalue weighted by Gasteiger charge is 2.23. The Balaban J connectivity index is 1.93. The van der Waals surface area contributed by atoms with Crippen LogP contribution >= 0.6 is 0 Å². The minimum Gasteiger partial charge on any atom is -0.493 e. The maximum absolute atomic E-state index is 12.1. The lowest BCUT2D eigenvalue weighted by Gasteiger charge is -2.10. The van der Waals surface area contributed by atoms with Crippen molar-refractivity contribution >= 4 is 29.2 Å². The SMILES string of the molecule is COc1cc(C=C2C(=O)Nc3ccccc32)ccc1OCC(N)=O. The van der Waals surface area contributed by atoms with E-state index in [0.29, 0.717) is 17.1 Å². The Morgan fingerprint density at radius 3 is 2.75 bits per heavy atom. The summed E-state index contributed by atoms with van der Waals surface area (Å²) in [5.41, 5.74) is 8.08. The van der Waals surface area contributed by atoms with Crippen molar-refractivity contribution in [3.05, 3.63) is 53.6 Å². The van der Waals surface area contributed by atoms with Crippen LogP contribution < -0.4 is 20.5 Å². The summed E-state index contributed by atoms with van der Waals surface area (Å²) in [5.74, 6) is 0.152. The third-order valence-corrected chi connectivity index (χ3v) is 3.58. The number of primary amides is 1. The third kappa shape index (κ3) is 3.08. The van der Waals surface area contributed by atoms with E-state index < -0.39 is 5.91 Å². The number of nitrogens with two attached hydrogens (primary N) is 1.